The minimum absolute atomic E-state index is 0.00694. The Kier molecular flexibility index (Phi) is 5.68. The maximum absolute atomic E-state index is 12.5. The molecule has 0 bridgehead atoms. The SMILES string of the molecule is CCOc1cc(C#N)ccc1OS(=O)(=O)c1ccc(Br)cc1Br. The third kappa shape index (κ3) is 4.25. The van der Waals surface area contributed by atoms with Crippen molar-refractivity contribution in [1.29, 1.82) is 5.26 Å². The molecule has 2 rings (SSSR count). The molecule has 23 heavy (non-hydrogen) atoms. The topological polar surface area (TPSA) is 76.4 Å². The molecular formula is C15H11Br2NO4S. The highest BCUT2D eigenvalue weighted by molar-refractivity contribution is 9.11. The molecule has 2 aromatic carbocycles. The van der Waals surface area contributed by atoms with E-state index in [4.69, 9.17) is 14.2 Å². The molecule has 0 aromatic heterocycles. The van der Waals surface area contributed by atoms with E-state index in [2.05, 4.69) is 31.9 Å². The number of halogens is 2. The van der Waals surface area contributed by atoms with Gasteiger partial charge in [-0.25, -0.2) is 0 Å². The van der Waals surface area contributed by atoms with Gasteiger partial charge in [0.05, 0.1) is 18.2 Å². The normalized spacial score (nSPS) is 10.9. The quantitative estimate of drug-likeness (QED) is 0.623. The molecule has 0 radical (unpaired) electrons. The van der Waals surface area contributed by atoms with Crippen molar-refractivity contribution in [3.8, 4) is 17.6 Å². The van der Waals surface area contributed by atoms with Crippen LogP contribution in [0.25, 0.3) is 0 Å². The van der Waals surface area contributed by atoms with Gasteiger partial charge in [-0.3, -0.25) is 0 Å². The lowest BCUT2D eigenvalue weighted by Gasteiger charge is -2.13. The zero-order valence-corrected chi connectivity index (χ0v) is 15.9. The van der Waals surface area contributed by atoms with Crippen molar-refractivity contribution in [2.24, 2.45) is 0 Å². The summed E-state index contributed by atoms with van der Waals surface area (Å²) in [5, 5.41) is 8.92. The van der Waals surface area contributed by atoms with Crippen molar-refractivity contribution >= 4 is 42.0 Å². The lowest BCUT2D eigenvalue weighted by molar-refractivity contribution is 0.327. The van der Waals surface area contributed by atoms with E-state index in [1.54, 1.807) is 19.1 Å². The van der Waals surface area contributed by atoms with Gasteiger partial charge in [-0.1, -0.05) is 15.9 Å². The number of hydrogen-bond donors (Lipinski definition) is 0. The molecule has 120 valence electrons. The standard InChI is InChI=1S/C15H11Br2NO4S/c1-2-21-14-7-10(9-18)3-5-13(14)22-23(19,20)15-6-4-11(16)8-12(15)17/h3-8H,2H2,1H3. The van der Waals surface area contributed by atoms with Gasteiger partial charge >= 0.3 is 10.1 Å². The van der Waals surface area contributed by atoms with E-state index >= 15 is 0 Å². The van der Waals surface area contributed by atoms with E-state index in [0.717, 1.165) is 4.47 Å². The molecule has 0 aliphatic heterocycles. The van der Waals surface area contributed by atoms with Gasteiger partial charge in [-0.05, 0) is 53.2 Å². The minimum atomic E-state index is -4.05. The first-order chi connectivity index (χ1) is 10.9. The van der Waals surface area contributed by atoms with Crippen LogP contribution in [0.15, 0.2) is 50.2 Å². The number of nitriles is 1. The van der Waals surface area contributed by atoms with Gasteiger partial charge in [0.1, 0.15) is 4.90 Å². The Morgan fingerprint density at radius 3 is 2.48 bits per heavy atom. The molecule has 0 atom stereocenters. The maximum atomic E-state index is 12.5. The monoisotopic (exact) mass is 459 g/mol. The molecule has 0 saturated heterocycles. The Hall–Kier alpha value is -1.56. The summed E-state index contributed by atoms with van der Waals surface area (Å²) in [5.41, 5.74) is 0.350. The van der Waals surface area contributed by atoms with Crippen LogP contribution in [-0.4, -0.2) is 15.0 Å². The summed E-state index contributed by atoms with van der Waals surface area (Å²) in [6.45, 7) is 2.07. The number of nitrogens with zero attached hydrogens (tertiary/aromatic N) is 1. The smallest absolute Gasteiger partial charge is 0.340 e. The van der Waals surface area contributed by atoms with Crippen LogP contribution in [0.3, 0.4) is 0 Å². The summed E-state index contributed by atoms with van der Waals surface area (Å²) in [6.07, 6.45) is 0. The van der Waals surface area contributed by atoms with E-state index in [1.807, 2.05) is 6.07 Å². The van der Waals surface area contributed by atoms with Gasteiger partial charge in [0.15, 0.2) is 11.5 Å². The fourth-order valence-electron chi connectivity index (χ4n) is 1.76. The third-order valence-electron chi connectivity index (χ3n) is 2.74. The van der Waals surface area contributed by atoms with Gasteiger partial charge in [0.2, 0.25) is 0 Å². The van der Waals surface area contributed by atoms with E-state index in [0.29, 0.717) is 16.6 Å². The highest BCUT2D eigenvalue weighted by Crippen LogP contribution is 2.33. The summed E-state index contributed by atoms with van der Waals surface area (Å²) in [7, 11) is -4.05. The summed E-state index contributed by atoms with van der Waals surface area (Å²) in [4.78, 5) is -0.00694. The number of ether oxygens (including phenoxy) is 1. The van der Waals surface area contributed by atoms with Gasteiger partial charge in [0.25, 0.3) is 0 Å². The molecule has 5 nitrogen and oxygen atoms in total. The van der Waals surface area contributed by atoms with Crippen LogP contribution in [-0.2, 0) is 10.1 Å². The summed E-state index contributed by atoms with van der Waals surface area (Å²) >= 11 is 6.47. The maximum Gasteiger partial charge on any atom is 0.340 e. The highest BCUT2D eigenvalue weighted by Gasteiger charge is 2.22. The highest BCUT2D eigenvalue weighted by atomic mass is 79.9. The van der Waals surface area contributed by atoms with Crippen LogP contribution < -0.4 is 8.92 Å². The number of rotatable bonds is 5. The summed E-state index contributed by atoms with van der Waals surface area (Å²) in [6, 6.07) is 10.9. The van der Waals surface area contributed by atoms with E-state index in [1.165, 1.54) is 24.3 Å². The van der Waals surface area contributed by atoms with E-state index in [9.17, 15) is 8.42 Å². The lowest BCUT2D eigenvalue weighted by Crippen LogP contribution is -2.11. The molecule has 0 spiro atoms. The van der Waals surface area contributed by atoms with Crippen molar-refractivity contribution in [2.75, 3.05) is 6.61 Å². The van der Waals surface area contributed by atoms with Crippen molar-refractivity contribution in [2.45, 2.75) is 11.8 Å². The van der Waals surface area contributed by atoms with Crippen LogP contribution in [0.2, 0.25) is 0 Å². The first-order valence-corrected chi connectivity index (χ1v) is 9.43. The van der Waals surface area contributed by atoms with Crippen molar-refractivity contribution < 1.29 is 17.3 Å². The Bertz CT molecular complexity index is 876. The predicted molar refractivity (Wildman–Crippen MR) is 92.0 cm³/mol. The second-order valence-electron chi connectivity index (χ2n) is 4.32. The third-order valence-corrected chi connectivity index (χ3v) is 5.44. The first kappa shape index (κ1) is 17.8. The zero-order valence-electron chi connectivity index (χ0n) is 11.9. The van der Waals surface area contributed by atoms with Crippen LogP contribution in [0.4, 0.5) is 0 Å². The van der Waals surface area contributed by atoms with Crippen LogP contribution >= 0.6 is 31.9 Å². The molecule has 0 unspecified atom stereocenters. The second kappa shape index (κ2) is 7.34. The average molecular weight is 461 g/mol. The van der Waals surface area contributed by atoms with Gasteiger partial charge in [-0.2, -0.15) is 13.7 Å². The van der Waals surface area contributed by atoms with Gasteiger partial charge < -0.3 is 8.92 Å². The molecule has 2 aromatic rings. The largest absolute Gasteiger partial charge is 0.490 e. The molecule has 0 heterocycles. The molecule has 8 heteroatoms. The number of benzene rings is 2. The van der Waals surface area contributed by atoms with Crippen molar-refractivity contribution in [3.63, 3.8) is 0 Å². The molecule has 0 amide bonds. The molecule has 0 aliphatic rings. The Labute approximate surface area is 151 Å². The fraction of sp³-hybridized carbons (Fsp3) is 0.133. The van der Waals surface area contributed by atoms with Crippen LogP contribution in [0.1, 0.15) is 12.5 Å². The predicted octanol–water partition coefficient (Wildman–Crippen LogP) is 4.25. The van der Waals surface area contributed by atoms with Crippen LogP contribution in [0.5, 0.6) is 11.5 Å². The van der Waals surface area contributed by atoms with Crippen LogP contribution in [0, 0.1) is 11.3 Å². The Balaban J connectivity index is 2.43. The number of hydrogen-bond acceptors (Lipinski definition) is 5. The average Bonchev–Trinajstić information content (AvgIpc) is 2.48. The molecular weight excluding hydrogens is 450 g/mol. The minimum Gasteiger partial charge on any atom is -0.490 e. The van der Waals surface area contributed by atoms with Gasteiger partial charge in [-0.15, -0.1) is 0 Å². The zero-order chi connectivity index (χ0) is 17.0. The van der Waals surface area contributed by atoms with Gasteiger partial charge in [0, 0.05) is 15.0 Å². The second-order valence-corrected chi connectivity index (χ2v) is 7.60. The fourth-order valence-corrected chi connectivity index (χ4v) is 4.39. The molecule has 0 aliphatic carbocycles. The Morgan fingerprint density at radius 2 is 1.87 bits per heavy atom. The first-order valence-electron chi connectivity index (χ1n) is 6.44. The molecule has 0 N–H and O–H groups in total. The molecule has 0 saturated carbocycles. The molecule has 0 fully saturated rings. The van der Waals surface area contributed by atoms with E-state index < -0.39 is 10.1 Å². The summed E-state index contributed by atoms with van der Waals surface area (Å²) < 4.78 is 36.6. The van der Waals surface area contributed by atoms with Crippen molar-refractivity contribution in [1.82, 2.24) is 0 Å². The summed E-state index contributed by atoms with van der Waals surface area (Å²) in [5.74, 6) is 0.226. The Morgan fingerprint density at radius 1 is 1.13 bits per heavy atom. The van der Waals surface area contributed by atoms with E-state index in [-0.39, 0.29) is 16.4 Å². The van der Waals surface area contributed by atoms with Crippen molar-refractivity contribution in [3.05, 3.63) is 50.9 Å². The lowest BCUT2D eigenvalue weighted by atomic mass is 10.2.